The maximum atomic E-state index is 13.7. The van der Waals surface area contributed by atoms with Crippen molar-refractivity contribution in [1.82, 2.24) is 15.5 Å². The SMILES string of the molecule is Cc1ccc(F)c(-c2nnc(CCCNC(C)C)o2)c1. The maximum Gasteiger partial charge on any atom is 0.250 e. The molecule has 1 aromatic carbocycles. The van der Waals surface area contributed by atoms with Crippen LogP contribution < -0.4 is 5.32 Å². The van der Waals surface area contributed by atoms with Gasteiger partial charge in [0.1, 0.15) is 5.82 Å². The first kappa shape index (κ1) is 14.7. The van der Waals surface area contributed by atoms with Crippen molar-refractivity contribution in [3.05, 3.63) is 35.5 Å². The number of rotatable bonds is 6. The van der Waals surface area contributed by atoms with Crippen molar-refractivity contribution < 1.29 is 8.81 Å². The quantitative estimate of drug-likeness (QED) is 0.824. The molecule has 1 N–H and O–H groups in total. The number of hydrogen-bond donors (Lipinski definition) is 1. The Morgan fingerprint density at radius 2 is 2.10 bits per heavy atom. The average Bonchev–Trinajstić information content (AvgIpc) is 2.86. The summed E-state index contributed by atoms with van der Waals surface area (Å²) in [5, 5.41) is 11.2. The first-order chi connectivity index (χ1) is 9.56. The predicted molar refractivity (Wildman–Crippen MR) is 75.9 cm³/mol. The van der Waals surface area contributed by atoms with Crippen molar-refractivity contribution in [2.75, 3.05) is 6.54 Å². The molecule has 0 saturated carbocycles. The molecule has 2 rings (SSSR count). The fourth-order valence-corrected chi connectivity index (χ4v) is 1.90. The first-order valence-electron chi connectivity index (χ1n) is 6.88. The Labute approximate surface area is 118 Å². The fourth-order valence-electron chi connectivity index (χ4n) is 1.90. The van der Waals surface area contributed by atoms with E-state index in [-0.39, 0.29) is 11.7 Å². The van der Waals surface area contributed by atoms with Crippen LogP contribution >= 0.6 is 0 Å². The van der Waals surface area contributed by atoms with E-state index in [9.17, 15) is 4.39 Å². The van der Waals surface area contributed by atoms with Crippen LogP contribution in [-0.4, -0.2) is 22.8 Å². The molecule has 0 bridgehead atoms. The molecule has 1 heterocycles. The molecule has 4 nitrogen and oxygen atoms in total. The van der Waals surface area contributed by atoms with Crippen molar-refractivity contribution in [3.63, 3.8) is 0 Å². The van der Waals surface area contributed by atoms with Crippen LogP contribution in [0.1, 0.15) is 31.7 Å². The van der Waals surface area contributed by atoms with Gasteiger partial charge in [-0.15, -0.1) is 10.2 Å². The number of hydrogen-bond acceptors (Lipinski definition) is 4. The van der Waals surface area contributed by atoms with E-state index in [0.29, 0.717) is 23.9 Å². The van der Waals surface area contributed by atoms with E-state index in [1.54, 1.807) is 12.1 Å². The number of nitrogens with one attached hydrogen (secondary N) is 1. The van der Waals surface area contributed by atoms with E-state index >= 15 is 0 Å². The summed E-state index contributed by atoms with van der Waals surface area (Å²) in [6, 6.07) is 5.32. The van der Waals surface area contributed by atoms with Crippen LogP contribution in [0.15, 0.2) is 22.6 Å². The zero-order chi connectivity index (χ0) is 14.5. The van der Waals surface area contributed by atoms with Crippen LogP contribution in [0, 0.1) is 12.7 Å². The second kappa shape index (κ2) is 6.61. The van der Waals surface area contributed by atoms with Gasteiger partial charge in [-0.3, -0.25) is 0 Å². The average molecular weight is 277 g/mol. The predicted octanol–water partition coefficient (Wildman–Crippen LogP) is 3.11. The van der Waals surface area contributed by atoms with Crippen LogP contribution in [0.25, 0.3) is 11.5 Å². The molecule has 1 aromatic heterocycles. The molecule has 0 saturated heterocycles. The second-order valence-electron chi connectivity index (χ2n) is 5.20. The molecule has 0 spiro atoms. The maximum absolute atomic E-state index is 13.7. The number of benzene rings is 1. The van der Waals surface area contributed by atoms with Gasteiger partial charge in [0, 0.05) is 12.5 Å². The van der Waals surface area contributed by atoms with Crippen LogP contribution in [0.4, 0.5) is 4.39 Å². The monoisotopic (exact) mass is 277 g/mol. The molecule has 0 aliphatic heterocycles. The van der Waals surface area contributed by atoms with E-state index in [1.807, 2.05) is 6.92 Å². The smallest absolute Gasteiger partial charge is 0.250 e. The fraction of sp³-hybridized carbons (Fsp3) is 0.467. The normalized spacial score (nSPS) is 11.2. The van der Waals surface area contributed by atoms with Gasteiger partial charge in [-0.2, -0.15) is 0 Å². The Morgan fingerprint density at radius 1 is 1.30 bits per heavy atom. The summed E-state index contributed by atoms with van der Waals surface area (Å²) in [4.78, 5) is 0. The highest BCUT2D eigenvalue weighted by Crippen LogP contribution is 2.22. The van der Waals surface area contributed by atoms with Gasteiger partial charge in [0.25, 0.3) is 5.89 Å². The molecule has 2 aromatic rings. The van der Waals surface area contributed by atoms with Crippen LogP contribution in [0.3, 0.4) is 0 Å². The minimum absolute atomic E-state index is 0.248. The molecule has 0 fully saturated rings. The van der Waals surface area contributed by atoms with Gasteiger partial charge in [-0.05, 0) is 32.0 Å². The number of aryl methyl sites for hydroxylation is 2. The van der Waals surface area contributed by atoms with Crippen molar-refractivity contribution in [1.29, 1.82) is 0 Å². The zero-order valence-electron chi connectivity index (χ0n) is 12.1. The number of aromatic nitrogens is 2. The standard InChI is InChI=1S/C15H20FN3O/c1-10(2)17-8-4-5-14-18-19-15(20-14)12-9-11(3)6-7-13(12)16/h6-7,9-10,17H,4-5,8H2,1-3H3. The lowest BCUT2D eigenvalue weighted by molar-refractivity contribution is 0.481. The Bertz CT molecular complexity index is 566. The van der Waals surface area contributed by atoms with Crippen LogP contribution in [0.2, 0.25) is 0 Å². The van der Waals surface area contributed by atoms with E-state index in [2.05, 4.69) is 29.4 Å². The van der Waals surface area contributed by atoms with E-state index < -0.39 is 0 Å². The van der Waals surface area contributed by atoms with Gasteiger partial charge >= 0.3 is 0 Å². The summed E-state index contributed by atoms with van der Waals surface area (Å²) >= 11 is 0. The lowest BCUT2D eigenvalue weighted by atomic mass is 10.1. The topological polar surface area (TPSA) is 51.0 Å². The van der Waals surface area contributed by atoms with Crippen molar-refractivity contribution in [2.24, 2.45) is 0 Å². The Morgan fingerprint density at radius 3 is 2.85 bits per heavy atom. The molecular formula is C15H20FN3O. The molecule has 0 aliphatic carbocycles. The summed E-state index contributed by atoms with van der Waals surface area (Å²) in [6.07, 6.45) is 1.61. The van der Waals surface area contributed by atoms with Gasteiger partial charge in [-0.1, -0.05) is 25.5 Å². The van der Waals surface area contributed by atoms with E-state index in [0.717, 1.165) is 18.5 Å². The third kappa shape index (κ3) is 3.87. The van der Waals surface area contributed by atoms with Crippen LogP contribution in [0.5, 0.6) is 0 Å². The highest BCUT2D eigenvalue weighted by atomic mass is 19.1. The molecule has 20 heavy (non-hydrogen) atoms. The van der Waals surface area contributed by atoms with Gasteiger partial charge in [-0.25, -0.2) is 4.39 Å². The summed E-state index contributed by atoms with van der Waals surface area (Å²) in [5.74, 6) is 0.455. The summed E-state index contributed by atoms with van der Waals surface area (Å²) in [7, 11) is 0. The molecule has 0 aliphatic rings. The Hall–Kier alpha value is -1.75. The van der Waals surface area contributed by atoms with Crippen molar-refractivity contribution in [3.8, 4) is 11.5 Å². The second-order valence-corrected chi connectivity index (χ2v) is 5.20. The van der Waals surface area contributed by atoms with E-state index in [1.165, 1.54) is 6.07 Å². The number of nitrogens with zero attached hydrogens (tertiary/aromatic N) is 2. The van der Waals surface area contributed by atoms with Crippen molar-refractivity contribution >= 4 is 0 Å². The minimum atomic E-state index is -0.340. The minimum Gasteiger partial charge on any atom is -0.421 e. The summed E-state index contributed by atoms with van der Waals surface area (Å²) in [6.45, 7) is 7.00. The summed E-state index contributed by atoms with van der Waals surface area (Å²) < 4.78 is 19.2. The van der Waals surface area contributed by atoms with Gasteiger partial charge in [0.15, 0.2) is 0 Å². The zero-order valence-corrected chi connectivity index (χ0v) is 12.1. The Balaban J connectivity index is 2.00. The third-order valence-electron chi connectivity index (χ3n) is 2.94. The van der Waals surface area contributed by atoms with Crippen LogP contribution in [-0.2, 0) is 6.42 Å². The largest absolute Gasteiger partial charge is 0.421 e. The van der Waals surface area contributed by atoms with Gasteiger partial charge in [0.2, 0.25) is 5.89 Å². The highest BCUT2D eigenvalue weighted by molar-refractivity contribution is 5.54. The molecular weight excluding hydrogens is 257 g/mol. The van der Waals surface area contributed by atoms with Gasteiger partial charge < -0.3 is 9.73 Å². The van der Waals surface area contributed by atoms with E-state index in [4.69, 9.17) is 4.42 Å². The lowest BCUT2D eigenvalue weighted by Gasteiger charge is -2.05. The third-order valence-corrected chi connectivity index (χ3v) is 2.94. The molecule has 108 valence electrons. The van der Waals surface area contributed by atoms with Gasteiger partial charge in [0.05, 0.1) is 5.56 Å². The molecule has 0 amide bonds. The first-order valence-corrected chi connectivity index (χ1v) is 6.88. The van der Waals surface area contributed by atoms with Crippen molar-refractivity contribution in [2.45, 2.75) is 39.7 Å². The Kier molecular flexibility index (Phi) is 4.84. The summed E-state index contributed by atoms with van der Waals surface area (Å²) in [5.41, 5.74) is 1.33. The molecule has 5 heteroatoms. The lowest BCUT2D eigenvalue weighted by Crippen LogP contribution is -2.23. The molecule has 0 unspecified atom stereocenters. The number of halogens is 1. The molecule has 0 atom stereocenters. The molecule has 0 radical (unpaired) electrons. The highest BCUT2D eigenvalue weighted by Gasteiger charge is 2.13.